The van der Waals surface area contributed by atoms with E-state index in [1.165, 1.54) is 125 Å². The monoisotopic (exact) mass is 883 g/mol. The molecule has 11 rings (SSSR count). The molecule has 0 unspecified atom stereocenters. The van der Waals surface area contributed by atoms with E-state index < -0.39 is 0 Å². The van der Waals surface area contributed by atoms with Gasteiger partial charge in [-0.3, -0.25) is 0 Å². The summed E-state index contributed by atoms with van der Waals surface area (Å²) in [5, 5.41) is 0. The molecule has 5 aliphatic rings. The van der Waals surface area contributed by atoms with Crippen molar-refractivity contribution in [1.29, 1.82) is 0 Å². The number of nitrogens with zero attached hydrogens (tertiary/aromatic N) is 2. The second kappa shape index (κ2) is 13.8. The number of rotatable bonds is 3. The Balaban J connectivity index is 1.30. The van der Waals surface area contributed by atoms with Crippen LogP contribution in [0.2, 0.25) is 0 Å². The van der Waals surface area contributed by atoms with Crippen molar-refractivity contribution < 1.29 is 0 Å². The molecule has 0 fully saturated rings. The van der Waals surface area contributed by atoms with Gasteiger partial charge in [-0.1, -0.05) is 165 Å². The summed E-state index contributed by atoms with van der Waals surface area (Å²) in [5.74, 6) is 0. The summed E-state index contributed by atoms with van der Waals surface area (Å²) in [5.41, 5.74) is 28.2. The van der Waals surface area contributed by atoms with E-state index in [1.807, 2.05) is 0 Å². The minimum absolute atomic E-state index is 0.0292. The topological polar surface area (TPSA) is 6.48 Å². The van der Waals surface area contributed by atoms with Crippen molar-refractivity contribution in [3.05, 3.63) is 147 Å². The fraction of sp³-hybridized carbons (Fsp3) is 0.438. The highest BCUT2D eigenvalue weighted by Gasteiger charge is 2.50. The van der Waals surface area contributed by atoms with Crippen molar-refractivity contribution in [2.45, 2.75) is 181 Å². The normalized spacial score (nSPS) is 20.4. The van der Waals surface area contributed by atoms with Crippen LogP contribution in [0.5, 0.6) is 0 Å². The summed E-state index contributed by atoms with van der Waals surface area (Å²) in [4.78, 5) is 5.47. The van der Waals surface area contributed by atoms with Crippen LogP contribution in [-0.2, 0) is 37.9 Å². The van der Waals surface area contributed by atoms with Gasteiger partial charge in [-0.15, -0.1) is 0 Å². The fourth-order valence-electron chi connectivity index (χ4n) is 14.8. The molecule has 0 amide bonds. The van der Waals surface area contributed by atoms with Gasteiger partial charge in [0.1, 0.15) is 0 Å². The van der Waals surface area contributed by atoms with Crippen LogP contribution < -0.4 is 26.2 Å². The molecular weight excluding hydrogens is 808 g/mol. The lowest BCUT2D eigenvalue weighted by Gasteiger charge is -2.48. The average Bonchev–Trinajstić information content (AvgIpc) is 3.55. The molecule has 6 aromatic rings. The minimum Gasteiger partial charge on any atom is -0.311 e. The van der Waals surface area contributed by atoms with E-state index in [4.69, 9.17) is 0 Å². The van der Waals surface area contributed by atoms with Crippen molar-refractivity contribution in [1.82, 2.24) is 0 Å². The van der Waals surface area contributed by atoms with Gasteiger partial charge in [0.2, 0.25) is 0 Å². The van der Waals surface area contributed by atoms with E-state index in [0.29, 0.717) is 0 Å². The zero-order chi connectivity index (χ0) is 47.9. The van der Waals surface area contributed by atoms with Crippen LogP contribution in [0.3, 0.4) is 0 Å². The third kappa shape index (κ3) is 6.41. The molecule has 0 aromatic heterocycles. The molecule has 0 N–H and O–H groups in total. The van der Waals surface area contributed by atoms with E-state index in [0.717, 1.165) is 12.8 Å². The molecule has 0 bridgehead atoms. The summed E-state index contributed by atoms with van der Waals surface area (Å²) in [6.45, 7) is 41.8. The third-order valence-electron chi connectivity index (χ3n) is 17.9. The largest absolute Gasteiger partial charge is 0.311 e. The summed E-state index contributed by atoms with van der Waals surface area (Å²) >= 11 is 0. The van der Waals surface area contributed by atoms with Crippen molar-refractivity contribution in [3.63, 3.8) is 0 Å². The fourth-order valence-corrected chi connectivity index (χ4v) is 14.8. The van der Waals surface area contributed by atoms with Gasteiger partial charge in [0.25, 0.3) is 6.71 Å². The van der Waals surface area contributed by atoms with Gasteiger partial charge in [0.15, 0.2) is 0 Å². The first-order valence-corrected chi connectivity index (χ1v) is 25.6. The Hall–Kier alpha value is -5.02. The smallest absolute Gasteiger partial charge is 0.252 e. The van der Waals surface area contributed by atoms with Gasteiger partial charge in [-0.2, -0.15) is 0 Å². The number of anilines is 6. The average molecular weight is 883 g/mol. The van der Waals surface area contributed by atoms with Gasteiger partial charge >= 0.3 is 0 Å². The zero-order valence-electron chi connectivity index (χ0n) is 44.0. The lowest BCUT2D eigenvalue weighted by atomic mass is 9.33. The van der Waals surface area contributed by atoms with Gasteiger partial charge in [-0.25, -0.2) is 0 Å². The van der Waals surface area contributed by atoms with E-state index >= 15 is 0 Å². The molecule has 3 heteroatoms. The molecule has 3 aliphatic carbocycles. The molecule has 0 spiro atoms. The molecule has 344 valence electrons. The van der Waals surface area contributed by atoms with Crippen molar-refractivity contribution in [2.75, 3.05) is 9.80 Å². The Bertz CT molecular complexity index is 3090. The third-order valence-corrected chi connectivity index (χ3v) is 17.9. The van der Waals surface area contributed by atoms with Crippen LogP contribution in [0.15, 0.2) is 97.1 Å². The van der Waals surface area contributed by atoms with Crippen molar-refractivity contribution in [2.24, 2.45) is 0 Å². The zero-order valence-corrected chi connectivity index (χ0v) is 44.0. The molecule has 6 aromatic carbocycles. The summed E-state index contributed by atoms with van der Waals surface area (Å²) in [7, 11) is 0. The first kappa shape index (κ1) is 44.5. The maximum absolute atomic E-state index is 2.76. The predicted molar refractivity (Wildman–Crippen MR) is 291 cm³/mol. The van der Waals surface area contributed by atoms with Crippen molar-refractivity contribution in [3.8, 4) is 11.1 Å². The minimum atomic E-state index is -0.101. The number of hydrogen-bond acceptors (Lipinski definition) is 2. The van der Waals surface area contributed by atoms with Crippen LogP contribution in [0.1, 0.15) is 180 Å². The first-order valence-electron chi connectivity index (χ1n) is 25.6. The highest BCUT2D eigenvalue weighted by Crippen LogP contribution is 2.57. The Labute approximate surface area is 404 Å². The molecule has 2 nitrogen and oxygen atoms in total. The summed E-state index contributed by atoms with van der Waals surface area (Å²) < 4.78 is 0. The number of fused-ring (bicyclic) bond motifs is 7. The van der Waals surface area contributed by atoms with Gasteiger partial charge in [-0.05, 0) is 191 Å². The molecule has 2 heterocycles. The molecule has 0 saturated heterocycles. The summed E-state index contributed by atoms with van der Waals surface area (Å²) in [6, 6.07) is 39.3. The summed E-state index contributed by atoms with van der Waals surface area (Å²) in [6.07, 6.45) is 4.65. The van der Waals surface area contributed by atoms with Crippen molar-refractivity contribution >= 4 is 57.2 Å². The Morgan fingerprint density at radius 2 is 0.940 bits per heavy atom. The second-order valence-corrected chi connectivity index (χ2v) is 26.9. The lowest BCUT2D eigenvalue weighted by Crippen LogP contribution is -2.62. The van der Waals surface area contributed by atoms with E-state index in [2.05, 4.69) is 225 Å². The standard InChI is InChI=1S/C64H75BN2/c1-38-29-44-47(63(14,15)36-62(44,12)13)34-52(38)67-53-35-46-45(59(6,7)27-28-60(46,8)9)33-49(53)65-48-30-41(40-21-19-18-20-22-40)23-25-51(48)66(54-31-42(58(3,4)5)32-55(67)57(54)65)50-26-24-43-56(39(50)2)64(16,17)37-61(43,10)11/h18-26,29-35H,27-28,36-37H2,1-17H3. The van der Waals surface area contributed by atoms with E-state index in [9.17, 15) is 0 Å². The maximum atomic E-state index is 2.76. The first-order chi connectivity index (χ1) is 31.1. The van der Waals surface area contributed by atoms with Crippen LogP contribution >= 0.6 is 0 Å². The molecule has 0 radical (unpaired) electrons. The number of aryl methyl sites for hydroxylation is 1. The van der Waals surface area contributed by atoms with E-state index in [-0.39, 0.29) is 44.6 Å². The van der Waals surface area contributed by atoms with Crippen LogP contribution in [0, 0.1) is 13.8 Å². The highest BCUT2D eigenvalue weighted by atomic mass is 15.2. The molecular formula is C64H75BN2. The number of hydrogen-bond donors (Lipinski definition) is 0. The Morgan fingerprint density at radius 1 is 0.433 bits per heavy atom. The van der Waals surface area contributed by atoms with Crippen LogP contribution in [-0.4, -0.2) is 6.71 Å². The maximum Gasteiger partial charge on any atom is 0.252 e. The van der Waals surface area contributed by atoms with Crippen LogP contribution in [0.25, 0.3) is 11.1 Å². The van der Waals surface area contributed by atoms with E-state index in [1.54, 1.807) is 0 Å². The molecule has 67 heavy (non-hydrogen) atoms. The molecule has 0 saturated carbocycles. The SMILES string of the molecule is Cc1cc2c(cc1N1c3cc4c(cc3B3c5cc(-c6ccccc6)ccc5N(c5ccc6c(c5C)C(C)(C)CC6(C)C)c5cc(C(C)(C)C)cc1c53)C(C)(C)CCC4(C)C)C(C)(C)CC2(C)C. The highest BCUT2D eigenvalue weighted by molar-refractivity contribution is 7.00. The second-order valence-electron chi connectivity index (χ2n) is 26.9. The molecule has 2 aliphatic heterocycles. The van der Waals surface area contributed by atoms with Crippen LogP contribution in [0.4, 0.5) is 34.1 Å². The van der Waals surface area contributed by atoms with Gasteiger partial charge in [0, 0.05) is 34.1 Å². The molecule has 0 atom stereocenters. The number of benzene rings is 6. The Kier molecular flexibility index (Phi) is 9.18. The Morgan fingerprint density at radius 3 is 1.57 bits per heavy atom. The predicted octanol–water partition coefficient (Wildman–Crippen LogP) is 15.6. The quantitative estimate of drug-likeness (QED) is 0.163. The lowest BCUT2D eigenvalue weighted by molar-refractivity contribution is 0.332. The van der Waals surface area contributed by atoms with Gasteiger partial charge < -0.3 is 9.80 Å². The van der Waals surface area contributed by atoms with Gasteiger partial charge in [0.05, 0.1) is 0 Å².